The van der Waals surface area contributed by atoms with Gasteiger partial charge >= 0.3 is 0 Å². The molecule has 0 heterocycles. The predicted molar refractivity (Wildman–Crippen MR) is 81.2 cm³/mol. The summed E-state index contributed by atoms with van der Waals surface area (Å²) < 4.78 is 27.2. The number of hydrogen-bond acceptors (Lipinski definition) is 3. The highest BCUT2D eigenvalue weighted by molar-refractivity contribution is 7.92. The Morgan fingerprint density at radius 3 is 2.40 bits per heavy atom. The fourth-order valence-corrected chi connectivity index (χ4v) is 2.99. The van der Waals surface area contributed by atoms with Gasteiger partial charge in [0.2, 0.25) is 0 Å². The summed E-state index contributed by atoms with van der Waals surface area (Å²) >= 11 is 0. The van der Waals surface area contributed by atoms with Gasteiger partial charge in [-0.3, -0.25) is 4.72 Å². The highest BCUT2D eigenvalue weighted by atomic mass is 32.2. The van der Waals surface area contributed by atoms with E-state index in [0.29, 0.717) is 12.2 Å². The summed E-state index contributed by atoms with van der Waals surface area (Å²) in [5.41, 5.74) is 2.58. The van der Waals surface area contributed by atoms with Crippen molar-refractivity contribution in [3.05, 3.63) is 59.7 Å². The first kappa shape index (κ1) is 14.6. The lowest BCUT2D eigenvalue weighted by Gasteiger charge is -2.09. The van der Waals surface area contributed by atoms with Gasteiger partial charge in [-0.25, -0.2) is 8.42 Å². The lowest BCUT2D eigenvalue weighted by Crippen LogP contribution is -2.14. The van der Waals surface area contributed by atoms with Gasteiger partial charge in [0.15, 0.2) is 0 Å². The van der Waals surface area contributed by atoms with E-state index < -0.39 is 10.0 Å². The largest absolute Gasteiger partial charge is 0.316 e. The van der Waals surface area contributed by atoms with Gasteiger partial charge in [-0.2, -0.15) is 0 Å². The van der Waals surface area contributed by atoms with Crippen molar-refractivity contribution in [1.82, 2.24) is 5.32 Å². The highest BCUT2D eigenvalue weighted by Gasteiger charge is 2.14. The number of anilines is 1. The first-order chi connectivity index (χ1) is 9.51. The Morgan fingerprint density at radius 1 is 1.05 bits per heavy atom. The molecular weight excluding hydrogens is 272 g/mol. The Labute approximate surface area is 119 Å². The van der Waals surface area contributed by atoms with Crippen molar-refractivity contribution >= 4 is 15.7 Å². The maximum atomic E-state index is 12.3. The molecule has 0 aliphatic carbocycles. The van der Waals surface area contributed by atoms with E-state index in [2.05, 4.69) is 10.0 Å². The second-order valence-electron chi connectivity index (χ2n) is 4.65. The zero-order valence-corrected chi connectivity index (χ0v) is 12.4. The quantitative estimate of drug-likeness (QED) is 0.889. The van der Waals surface area contributed by atoms with Crippen LogP contribution < -0.4 is 10.0 Å². The smallest absolute Gasteiger partial charge is 0.261 e. The lowest BCUT2D eigenvalue weighted by molar-refractivity contribution is 0.601. The second-order valence-corrected chi connectivity index (χ2v) is 6.33. The van der Waals surface area contributed by atoms with Crippen molar-refractivity contribution in [2.45, 2.75) is 18.4 Å². The van der Waals surface area contributed by atoms with E-state index in [4.69, 9.17) is 0 Å². The molecule has 4 nitrogen and oxygen atoms in total. The van der Waals surface area contributed by atoms with Gasteiger partial charge in [-0.1, -0.05) is 29.8 Å². The SMILES string of the molecule is CNCc1cccc(S(=O)(=O)Nc2ccc(C)cc2)c1. The second kappa shape index (κ2) is 6.07. The number of aryl methyl sites for hydroxylation is 1. The molecule has 5 heteroatoms. The molecule has 106 valence electrons. The average Bonchev–Trinajstić information content (AvgIpc) is 2.42. The summed E-state index contributed by atoms with van der Waals surface area (Å²) in [4.78, 5) is 0.269. The molecule has 0 spiro atoms. The molecule has 0 aliphatic heterocycles. The van der Waals surface area contributed by atoms with Gasteiger partial charge in [0, 0.05) is 12.2 Å². The fraction of sp³-hybridized carbons (Fsp3) is 0.200. The molecular formula is C15H18N2O2S. The standard InChI is InChI=1S/C15H18N2O2S/c1-12-6-8-14(9-7-12)17-20(18,19)15-5-3-4-13(10-15)11-16-2/h3-10,16-17H,11H2,1-2H3. The predicted octanol–water partition coefficient (Wildman–Crippen LogP) is 2.52. The Bertz CT molecular complexity index is 679. The molecule has 2 aromatic carbocycles. The van der Waals surface area contributed by atoms with Crippen molar-refractivity contribution in [1.29, 1.82) is 0 Å². The molecule has 0 amide bonds. The average molecular weight is 290 g/mol. The first-order valence-corrected chi connectivity index (χ1v) is 7.82. The highest BCUT2D eigenvalue weighted by Crippen LogP contribution is 2.17. The van der Waals surface area contributed by atoms with E-state index in [9.17, 15) is 8.42 Å². The van der Waals surface area contributed by atoms with Gasteiger partial charge in [-0.05, 0) is 43.8 Å². The summed E-state index contributed by atoms with van der Waals surface area (Å²) in [5, 5.41) is 3.00. The lowest BCUT2D eigenvalue weighted by atomic mass is 10.2. The first-order valence-electron chi connectivity index (χ1n) is 6.34. The third-order valence-electron chi connectivity index (χ3n) is 2.89. The van der Waals surface area contributed by atoms with E-state index in [1.54, 1.807) is 30.3 Å². The molecule has 2 aromatic rings. The van der Waals surface area contributed by atoms with Gasteiger partial charge < -0.3 is 5.32 Å². The normalized spacial score (nSPS) is 11.3. The third kappa shape index (κ3) is 3.59. The monoisotopic (exact) mass is 290 g/mol. The van der Waals surface area contributed by atoms with E-state index in [0.717, 1.165) is 11.1 Å². The number of hydrogen-bond donors (Lipinski definition) is 2. The van der Waals surface area contributed by atoms with Crippen molar-refractivity contribution in [2.24, 2.45) is 0 Å². The molecule has 2 rings (SSSR count). The number of benzene rings is 2. The van der Waals surface area contributed by atoms with Gasteiger partial charge in [-0.15, -0.1) is 0 Å². The zero-order chi connectivity index (χ0) is 14.6. The van der Waals surface area contributed by atoms with Crippen LogP contribution in [0.1, 0.15) is 11.1 Å². The van der Waals surface area contributed by atoms with Crippen molar-refractivity contribution in [3.63, 3.8) is 0 Å². The van der Waals surface area contributed by atoms with Crippen LogP contribution in [-0.4, -0.2) is 15.5 Å². The molecule has 0 atom stereocenters. The van der Waals surface area contributed by atoms with Crippen LogP contribution in [0.2, 0.25) is 0 Å². The number of nitrogens with one attached hydrogen (secondary N) is 2. The van der Waals surface area contributed by atoms with Crippen molar-refractivity contribution in [3.8, 4) is 0 Å². The molecule has 0 aromatic heterocycles. The minimum absolute atomic E-state index is 0.269. The summed E-state index contributed by atoms with van der Waals surface area (Å²) in [6.07, 6.45) is 0. The van der Waals surface area contributed by atoms with Crippen molar-refractivity contribution < 1.29 is 8.42 Å². The van der Waals surface area contributed by atoms with Crippen LogP contribution in [0, 0.1) is 6.92 Å². The molecule has 0 radical (unpaired) electrons. The fourth-order valence-electron chi connectivity index (χ4n) is 1.86. The van der Waals surface area contributed by atoms with Crippen LogP contribution in [0.4, 0.5) is 5.69 Å². The van der Waals surface area contributed by atoms with E-state index in [1.807, 2.05) is 32.2 Å². The summed E-state index contributed by atoms with van der Waals surface area (Å²) in [5.74, 6) is 0. The Balaban J connectivity index is 2.25. The third-order valence-corrected chi connectivity index (χ3v) is 4.27. The van der Waals surface area contributed by atoms with Crippen LogP contribution in [0.15, 0.2) is 53.4 Å². The number of rotatable bonds is 5. The molecule has 20 heavy (non-hydrogen) atoms. The van der Waals surface area contributed by atoms with Crippen LogP contribution >= 0.6 is 0 Å². The molecule has 0 fully saturated rings. The van der Waals surface area contributed by atoms with E-state index in [-0.39, 0.29) is 4.90 Å². The maximum Gasteiger partial charge on any atom is 0.261 e. The van der Waals surface area contributed by atoms with Crippen molar-refractivity contribution in [2.75, 3.05) is 11.8 Å². The van der Waals surface area contributed by atoms with Gasteiger partial charge in [0.25, 0.3) is 10.0 Å². The van der Waals surface area contributed by atoms with Gasteiger partial charge in [0.1, 0.15) is 0 Å². The Morgan fingerprint density at radius 2 is 1.75 bits per heavy atom. The Hall–Kier alpha value is -1.85. The van der Waals surface area contributed by atoms with Crippen LogP contribution in [-0.2, 0) is 16.6 Å². The van der Waals surface area contributed by atoms with E-state index in [1.165, 1.54) is 0 Å². The number of sulfonamides is 1. The summed E-state index contributed by atoms with van der Waals surface area (Å²) in [7, 11) is -1.72. The molecule has 2 N–H and O–H groups in total. The zero-order valence-electron chi connectivity index (χ0n) is 11.6. The van der Waals surface area contributed by atoms with Gasteiger partial charge in [0.05, 0.1) is 4.90 Å². The molecule has 0 saturated heterocycles. The van der Waals surface area contributed by atoms with Crippen LogP contribution in [0.5, 0.6) is 0 Å². The summed E-state index contributed by atoms with van der Waals surface area (Å²) in [6.45, 7) is 2.59. The van der Waals surface area contributed by atoms with E-state index >= 15 is 0 Å². The molecule has 0 aliphatic rings. The topological polar surface area (TPSA) is 58.2 Å². The molecule has 0 unspecified atom stereocenters. The minimum atomic E-state index is -3.54. The van der Waals surface area contributed by atoms with Crippen LogP contribution in [0.3, 0.4) is 0 Å². The molecule has 0 bridgehead atoms. The Kier molecular flexibility index (Phi) is 4.42. The minimum Gasteiger partial charge on any atom is -0.316 e. The van der Waals surface area contributed by atoms with Crippen LogP contribution in [0.25, 0.3) is 0 Å². The molecule has 0 saturated carbocycles. The maximum absolute atomic E-state index is 12.3. The summed E-state index contributed by atoms with van der Waals surface area (Å²) in [6, 6.07) is 14.2.